The second kappa shape index (κ2) is 5.92. The minimum Gasteiger partial charge on any atom is -0.506 e. The molecule has 1 aromatic rings. The maximum atomic E-state index is 9.56. The maximum absolute atomic E-state index is 9.56. The van der Waals surface area contributed by atoms with Crippen LogP contribution in [0.4, 0.5) is 0 Å². The van der Waals surface area contributed by atoms with Gasteiger partial charge in [-0.25, -0.2) is 0 Å². The first-order valence-corrected chi connectivity index (χ1v) is 5.30. The standard InChI is InChI=1S/C11H18N2O4/c1-8-2-3-10(17)9(13-8)4-12-11(5-14,6-15)7-16/h2-3,12,14-17H,4-7H2,1H3. The molecule has 1 heterocycles. The highest BCUT2D eigenvalue weighted by Crippen LogP contribution is 2.15. The third-order valence-electron chi connectivity index (χ3n) is 2.63. The lowest BCUT2D eigenvalue weighted by atomic mass is 10.0. The molecule has 5 N–H and O–H groups in total. The fourth-order valence-corrected chi connectivity index (χ4v) is 1.32. The Labute approximate surface area is 99.6 Å². The average Bonchev–Trinajstić information content (AvgIpc) is 2.35. The van der Waals surface area contributed by atoms with Gasteiger partial charge in [0.25, 0.3) is 0 Å². The van der Waals surface area contributed by atoms with Crippen LogP contribution in [-0.2, 0) is 6.54 Å². The van der Waals surface area contributed by atoms with E-state index in [1.54, 1.807) is 13.0 Å². The summed E-state index contributed by atoms with van der Waals surface area (Å²) in [5, 5.41) is 39.7. The summed E-state index contributed by atoms with van der Waals surface area (Å²) >= 11 is 0. The van der Waals surface area contributed by atoms with Crippen molar-refractivity contribution >= 4 is 0 Å². The van der Waals surface area contributed by atoms with Crippen LogP contribution < -0.4 is 5.32 Å². The zero-order chi connectivity index (χ0) is 12.9. The van der Waals surface area contributed by atoms with Gasteiger partial charge in [-0.1, -0.05) is 0 Å². The van der Waals surface area contributed by atoms with Crippen molar-refractivity contribution in [1.82, 2.24) is 10.3 Å². The summed E-state index contributed by atoms with van der Waals surface area (Å²) in [5.74, 6) is 0.0332. The van der Waals surface area contributed by atoms with Gasteiger partial charge in [-0.3, -0.25) is 10.3 Å². The quantitative estimate of drug-likeness (QED) is 0.433. The Morgan fingerprint density at radius 2 is 1.76 bits per heavy atom. The van der Waals surface area contributed by atoms with Crippen molar-refractivity contribution in [2.45, 2.75) is 19.0 Å². The van der Waals surface area contributed by atoms with Gasteiger partial charge in [0.15, 0.2) is 0 Å². The molecule has 17 heavy (non-hydrogen) atoms. The molecule has 0 bridgehead atoms. The number of aromatic hydroxyl groups is 1. The minimum atomic E-state index is -1.17. The smallest absolute Gasteiger partial charge is 0.138 e. The van der Waals surface area contributed by atoms with Gasteiger partial charge in [0.05, 0.1) is 31.1 Å². The van der Waals surface area contributed by atoms with E-state index < -0.39 is 25.4 Å². The van der Waals surface area contributed by atoms with Crippen molar-refractivity contribution in [3.63, 3.8) is 0 Å². The molecule has 6 nitrogen and oxygen atoms in total. The third kappa shape index (κ3) is 3.37. The van der Waals surface area contributed by atoms with Crippen molar-refractivity contribution in [3.8, 4) is 5.75 Å². The van der Waals surface area contributed by atoms with Crippen molar-refractivity contribution in [2.75, 3.05) is 19.8 Å². The SMILES string of the molecule is Cc1ccc(O)c(CNC(CO)(CO)CO)n1. The van der Waals surface area contributed by atoms with Crippen LogP contribution >= 0.6 is 0 Å². The van der Waals surface area contributed by atoms with Crippen LogP contribution in [0.2, 0.25) is 0 Å². The lowest BCUT2D eigenvalue weighted by Gasteiger charge is -2.28. The highest BCUT2D eigenvalue weighted by Gasteiger charge is 2.27. The average molecular weight is 242 g/mol. The molecule has 0 radical (unpaired) electrons. The summed E-state index contributed by atoms with van der Waals surface area (Å²) in [6.45, 7) is 0.710. The number of hydrogen-bond donors (Lipinski definition) is 5. The molecule has 0 aliphatic rings. The number of nitrogens with zero attached hydrogens (tertiary/aromatic N) is 1. The number of rotatable bonds is 6. The molecule has 1 aromatic heterocycles. The normalized spacial score (nSPS) is 11.8. The predicted molar refractivity (Wildman–Crippen MR) is 61.5 cm³/mol. The molecule has 0 aromatic carbocycles. The van der Waals surface area contributed by atoms with E-state index in [2.05, 4.69) is 10.3 Å². The molecule has 0 aliphatic heterocycles. The molecule has 0 saturated heterocycles. The van der Waals surface area contributed by atoms with E-state index >= 15 is 0 Å². The number of pyridine rings is 1. The zero-order valence-electron chi connectivity index (χ0n) is 9.72. The lowest BCUT2D eigenvalue weighted by molar-refractivity contribution is 0.0410. The van der Waals surface area contributed by atoms with Gasteiger partial charge in [0.2, 0.25) is 0 Å². The summed E-state index contributed by atoms with van der Waals surface area (Å²) < 4.78 is 0. The number of aromatic nitrogens is 1. The summed E-state index contributed by atoms with van der Waals surface area (Å²) in [6, 6.07) is 3.20. The van der Waals surface area contributed by atoms with E-state index in [1.165, 1.54) is 6.07 Å². The van der Waals surface area contributed by atoms with E-state index in [4.69, 9.17) is 15.3 Å². The van der Waals surface area contributed by atoms with Crippen LogP contribution in [0.1, 0.15) is 11.4 Å². The van der Waals surface area contributed by atoms with Crippen molar-refractivity contribution in [2.24, 2.45) is 0 Å². The number of nitrogens with one attached hydrogen (secondary N) is 1. The predicted octanol–water partition coefficient (Wildman–Crippen LogP) is -1.10. The molecule has 0 saturated carbocycles. The highest BCUT2D eigenvalue weighted by atomic mass is 16.3. The first kappa shape index (κ1) is 13.9. The van der Waals surface area contributed by atoms with E-state index in [-0.39, 0.29) is 12.3 Å². The van der Waals surface area contributed by atoms with Gasteiger partial charge in [-0.15, -0.1) is 0 Å². The first-order valence-electron chi connectivity index (χ1n) is 5.30. The Bertz CT molecular complexity index is 358. The van der Waals surface area contributed by atoms with Gasteiger partial charge >= 0.3 is 0 Å². The molecular formula is C11H18N2O4. The Balaban J connectivity index is 2.75. The van der Waals surface area contributed by atoms with Crippen molar-refractivity contribution in [3.05, 3.63) is 23.5 Å². The maximum Gasteiger partial charge on any atom is 0.138 e. The fourth-order valence-electron chi connectivity index (χ4n) is 1.32. The monoisotopic (exact) mass is 242 g/mol. The summed E-state index contributed by atoms with van der Waals surface area (Å²) in [6.07, 6.45) is 0. The fraction of sp³-hybridized carbons (Fsp3) is 0.545. The van der Waals surface area contributed by atoms with Crippen LogP contribution in [0.15, 0.2) is 12.1 Å². The van der Waals surface area contributed by atoms with Gasteiger partial charge in [-0.2, -0.15) is 0 Å². The number of aliphatic hydroxyl groups is 3. The number of aryl methyl sites for hydroxylation is 1. The van der Waals surface area contributed by atoms with E-state index in [1.807, 2.05) is 0 Å². The molecule has 0 unspecified atom stereocenters. The first-order chi connectivity index (χ1) is 8.06. The van der Waals surface area contributed by atoms with Crippen LogP contribution in [-0.4, -0.2) is 50.8 Å². The molecule has 0 fully saturated rings. The Kier molecular flexibility index (Phi) is 4.83. The van der Waals surface area contributed by atoms with Gasteiger partial charge in [0.1, 0.15) is 5.75 Å². The Morgan fingerprint density at radius 3 is 2.29 bits per heavy atom. The van der Waals surface area contributed by atoms with Gasteiger partial charge in [0, 0.05) is 12.2 Å². The molecule has 6 heteroatoms. The van der Waals surface area contributed by atoms with Gasteiger partial charge in [-0.05, 0) is 19.1 Å². The summed E-state index contributed by atoms with van der Waals surface area (Å²) in [4.78, 5) is 4.12. The molecule has 1 rings (SSSR count). The van der Waals surface area contributed by atoms with E-state index in [0.29, 0.717) is 5.69 Å². The Morgan fingerprint density at radius 1 is 1.18 bits per heavy atom. The van der Waals surface area contributed by atoms with Crippen molar-refractivity contribution in [1.29, 1.82) is 0 Å². The lowest BCUT2D eigenvalue weighted by Crippen LogP contribution is -2.54. The van der Waals surface area contributed by atoms with E-state index in [0.717, 1.165) is 5.69 Å². The summed E-state index contributed by atoms with van der Waals surface area (Å²) in [7, 11) is 0. The van der Waals surface area contributed by atoms with Crippen LogP contribution in [0, 0.1) is 6.92 Å². The van der Waals surface area contributed by atoms with Crippen LogP contribution in [0.5, 0.6) is 5.75 Å². The van der Waals surface area contributed by atoms with Crippen LogP contribution in [0.3, 0.4) is 0 Å². The van der Waals surface area contributed by atoms with Crippen LogP contribution in [0.25, 0.3) is 0 Å². The van der Waals surface area contributed by atoms with Gasteiger partial charge < -0.3 is 20.4 Å². The number of aliphatic hydroxyl groups excluding tert-OH is 3. The second-order valence-corrected chi connectivity index (χ2v) is 4.03. The number of hydrogen-bond acceptors (Lipinski definition) is 6. The molecule has 0 spiro atoms. The molecule has 0 amide bonds. The minimum absolute atomic E-state index is 0.0332. The highest BCUT2D eigenvalue weighted by molar-refractivity contribution is 5.27. The van der Waals surface area contributed by atoms with Crippen molar-refractivity contribution < 1.29 is 20.4 Å². The molecular weight excluding hydrogens is 224 g/mol. The summed E-state index contributed by atoms with van der Waals surface area (Å²) in [5.41, 5.74) is -0.00960. The zero-order valence-corrected chi connectivity index (χ0v) is 9.72. The molecule has 0 aliphatic carbocycles. The topological polar surface area (TPSA) is 106 Å². The largest absolute Gasteiger partial charge is 0.506 e. The third-order valence-corrected chi connectivity index (χ3v) is 2.63. The van der Waals surface area contributed by atoms with E-state index in [9.17, 15) is 5.11 Å². The Hall–Kier alpha value is -1.21. The molecule has 0 atom stereocenters. The second-order valence-electron chi connectivity index (χ2n) is 4.03. The molecule has 96 valence electrons.